The number of benzene rings is 1. The monoisotopic (exact) mass is 359 g/mol. The number of carbonyl (C=O) groups excluding carboxylic acids is 1. The van der Waals surface area contributed by atoms with E-state index in [0.29, 0.717) is 12.3 Å². The zero-order valence-corrected chi connectivity index (χ0v) is 15.5. The average Bonchev–Trinajstić information content (AvgIpc) is 3.10. The highest BCUT2D eigenvalue weighted by atomic mass is 32.1. The predicted molar refractivity (Wildman–Crippen MR) is 101 cm³/mol. The predicted octanol–water partition coefficient (Wildman–Crippen LogP) is 3.43. The maximum Gasteiger partial charge on any atom is 0.315 e. The van der Waals surface area contributed by atoms with Crippen LogP contribution < -0.4 is 10.6 Å². The molecule has 2 amide bonds. The van der Waals surface area contributed by atoms with Gasteiger partial charge in [0.15, 0.2) is 0 Å². The van der Waals surface area contributed by atoms with Crippen molar-refractivity contribution in [2.75, 3.05) is 20.6 Å². The molecule has 0 aliphatic heterocycles. The Hall–Kier alpha value is -2.05. The van der Waals surface area contributed by atoms with Gasteiger partial charge in [0, 0.05) is 6.54 Å². The average molecular weight is 359 g/mol. The Morgan fingerprint density at radius 1 is 1.40 bits per heavy atom. The van der Waals surface area contributed by atoms with Crippen molar-refractivity contribution in [3.8, 4) is 5.75 Å². The third kappa shape index (κ3) is 4.14. The quantitative estimate of drug-likeness (QED) is 0.766. The van der Waals surface area contributed by atoms with Crippen molar-refractivity contribution in [1.82, 2.24) is 15.5 Å². The van der Waals surface area contributed by atoms with Crippen molar-refractivity contribution < 1.29 is 9.90 Å². The Labute approximate surface area is 152 Å². The third-order valence-electron chi connectivity index (χ3n) is 4.80. The minimum atomic E-state index is -0.164. The van der Waals surface area contributed by atoms with Crippen molar-refractivity contribution in [3.63, 3.8) is 0 Å². The van der Waals surface area contributed by atoms with Crippen molar-refractivity contribution in [2.45, 2.75) is 31.3 Å². The molecule has 3 rings (SSSR count). The molecule has 0 fully saturated rings. The van der Waals surface area contributed by atoms with Gasteiger partial charge >= 0.3 is 6.03 Å². The molecule has 1 aliphatic rings. The lowest BCUT2D eigenvalue weighted by atomic mass is 9.87. The fraction of sp³-hybridized carbons (Fsp3) is 0.421. The smallest absolute Gasteiger partial charge is 0.315 e. The fourth-order valence-electron chi connectivity index (χ4n) is 3.44. The van der Waals surface area contributed by atoms with E-state index in [0.717, 1.165) is 30.4 Å². The molecule has 2 unspecified atom stereocenters. The first-order valence-corrected chi connectivity index (χ1v) is 9.54. The SMILES string of the molecule is CN(C)C(CNC(=O)NC1CCCc2c(O)cccc21)c1ccsc1. The van der Waals surface area contributed by atoms with Gasteiger partial charge in [0.2, 0.25) is 0 Å². The summed E-state index contributed by atoms with van der Waals surface area (Å²) in [6.07, 6.45) is 2.72. The number of likely N-dealkylation sites (N-methyl/N-ethyl adjacent to an activating group) is 1. The van der Waals surface area contributed by atoms with Crippen molar-refractivity contribution in [3.05, 3.63) is 51.7 Å². The summed E-state index contributed by atoms with van der Waals surface area (Å²) in [6, 6.07) is 7.58. The topological polar surface area (TPSA) is 64.6 Å². The molecule has 134 valence electrons. The number of urea groups is 1. The van der Waals surface area contributed by atoms with Gasteiger partial charge in [-0.2, -0.15) is 11.3 Å². The van der Waals surface area contributed by atoms with E-state index in [2.05, 4.69) is 32.4 Å². The minimum Gasteiger partial charge on any atom is -0.508 e. The van der Waals surface area contributed by atoms with E-state index in [4.69, 9.17) is 0 Å². The summed E-state index contributed by atoms with van der Waals surface area (Å²) in [7, 11) is 4.03. The summed E-state index contributed by atoms with van der Waals surface area (Å²) >= 11 is 1.66. The Balaban J connectivity index is 1.61. The summed E-state index contributed by atoms with van der Waals surface area (Å²) in [5, 5.41) is 20.2. The van der Waals surface area contributed by atoms with Gasteiger partial charge in [0.25, 0.3) is 0 Å². The van der Waals surface area contributed by atoms with Crippen LogP contribution in [0.2, 0.25) is 0 Å². The lowest BCUT2D eigenvalue weighted by molar-refractivity contribution is 0.228. The van der Waals surface area contributed by atoms with Gasteiger partial charge in [0.05, 0.1) is 12.1 Å². The number of phenolic OH excluding ortho intramolecular Hbond substituents is 1. The van der Waals surface area contributed by atoms with Crippen LogP contribution in [0.25, 0.3) is 0 Å². The number of hydrogen-bond donors (Lipinski definition) is 3. The van der Waals surface area contributed by atoms with Crippen LogP contribution >= 0.6 is 11.3 Å². The lowest BCUT2D eigenvalue weighted by Gasteiger charge is -2.28. The highest BCUT2D eigenvalue weighted by Gasteiger charge is 2.24. The van der Waals surface area contributed by atoms with E-state index in [9.17, 15) is 9.90 Å². The molecule has 1 aliphatic carbocycles. The number of phenols is 1. The van der Waals surface area contributed by atoms with Gasteiger partial charge in [-0.05, 0) is 72.9 Å². The number of nitrogens with one attached hydrogen (secondary N) is 2. The molecule has 6 heteroatoms. The van der Waals surface area contributed by atoms with Gasteiger partial charge in [0.1, 0.15) is 5.75 Å². The number of amides is 2. The van der Waals surface area contributed by atoms with Crippen molar-refractivity contribution in [2.24, 2.45) is 0 Å². The zero-order valence-electron chi connectivity index (χ0n) is 14.7. The van der Waals surface area contributed by atoms with Gasteiger partial charge < -0.3 is 20.6 Å². The number of aromatic hydroxyl groups is 1. The number of nitrogens with zero attached hydrogens (tertiary/aromatic N) is 1. The normalized spacial score (nSPS) is 17.8. The first-order chi connectivity index (χ1) is 12.1. The molecule has 2 atom stereocenters. The number of thiophene rings is 1. The molecule has 2 aromatic rings. The molecule has 5 nitrogen and oxygen atoms in total. The van der Waals surface area contributed by atoms with Crippen LogP contribution in [0.1, 0.15) is 41.6 Å². The summed E-state index contributed by atoms with van der Waals surface area (Å²) in [6.45, 7) is 0.551. The van der Waals surface area contributed by atoms with E-state index < -0.39 is 0 Å². The summed E-state index contributed by atoms with van der Waals surface area (Å²) < 4.78 is 0. The van der Waals surface area contributed by atoms with E-state index in [1.54, 1.807) is 17.4 Å². The zero-order chi connectivity index (χ0) is 17.8. The molecular weight excluding hydrogens is 334 g/mol. The standard InChI is InChI=1S/C19H25N3O2S/c1-22(2)17(13-9-10-25-12-13)11-20-19(24)21-16-7-3-6-15-14(16)5-4-8-18(15)23/h4-5,8-10,12,16-17,23H,3,6-7,11H2,1-2H3,(H2,20,21,24). The molecule has 3 N–H and O–H groups in total. The Morgan fingerprint density at radius 3 is 2.96 bits per heavy atom. The van der Waals surface area contributed by atoms with E-state index in [-0.39, 0.29) is 18.1 Å². The Bertz CT molecular complexity index is 715. The van der Waals surface area contributed by atoms with Crippen LogP contribution in [0.3, 0.4) is 0 Å². The molecule has 1 heterocycles. The molecule has 1 aromatic carbocycles. The molecule has 0 bridgehead atoms. The van der Waals surface area contributed by atoms with Crippen LogP contribution in [-0.4, -0.2) is 36.7 Å². The van der Waals surface area contributed by atoms with Gasteiger partial charge in [-0.1, -0.05) is 12.1 Å². The molecule has 0 saturated carbocycles. The maximum absolute atomic E-state index is 12.4. The highest BCUT2D eigenvalue weighted by Crippen LogP contribution is 2.34. The summed E-state index contributed by atoms with van der Waals surface area (Å²) in [5.74, 6) is 0.328. The Morgan fingerprint density at radius 2 is 2.24 bits per heavy atom. The van der Waals surface area contributed by atoms with E-state index in [1.165, 1.54) is 5.56 Å². The molecule has 0 saturated heterocycles. The second-order valence-corrected chi connectivity index (χ2v) is 7.46. The van der Waals surface area contributed by atoms with Gasteiger partial charge in [-0.25, -0.2) is 4.79 Å². The number of carbonyl (C=O) groups is 1. The van der Waals surface area contributed by atoms with Crippen molar-refractivity contribution in [1.29, 1.82) is 0 Å². The first kappa shape index (κ1) is 17.8. The molecular formula is C19H25N3O2S. The molecule has 0 radical (unpaired) electrons. The van der Waals surface area contributed by atoms with Crippen LogP contribution in [0, 0.1) is 0 Å². The van der Waals surface area contributed by atoms with Crippen LogP contribution in [0.15, 0.2) is 35.0 Å². The largest absolute Gasteiger partial charge is 0.508 e. The second-order valence-electron chi connectivity index (χ2n) is 6.68. The van der Waals surface area contributed by atoms with Gasteiger partial charge in [-0.3, -0.25) is 0 Å². The lowest BCUT2D eigenvalue weighted by Crippen LogP contribution is -2.42. The van der Waals surface area contributed by atoms with Crippen LogP contribution in [0.4, 0.5) is 4.79 Å². The second kappa shape index (κ2) is 7.89. The minimum absolute atomic E-state index is 0.0465. The molecule has 0 spiro atoms. The Kier molecular flexibility index (Phi) is 5.60. The van der Waals surface area contributed by atoms with E-state index in [1.807, 2.05) is 26.2 Å². The highest BCUT2D eigenvalue weighted by molar-refractivity contribution is 7.07. The van der Waals surface area contributed by atoms with Crippen molar-refractivity contribution >= 4 is 17.4 Å². The van der Waals surface area contributed by atoms with Crippen LogP contribution in [-0.2, 0) is 6.42 Å². The van der Waals surface area contributed by atoms with Crippen LogP contribution in [0.5, 0.6) is 5.75 Å². The number of hydrogen-bond acceptors (Lipinski definition) is 4. The third-order valence-corrected chi connectivity index (χ3v) is 5.50. The fourth-order valence-corrected chi connectivity index (χ4v) is 4.15. The first-order valence-electron chi connectivity index (χ1n) is 8.60. The maximum atomic E-state index is 12.4. The van der Waals surface area contributed by atoms with Gasteiger partial charge in [-0.15, -0.1) is 0 Å². The summed E-state index contributed by atoms with van der Waals surface area (Å²) in [4.78, 5) is 14.5. The number of rotatable bonds is 5. The molecule has 25 heavy (non-hydrogen) atoms. The number of fused-ring (bicyclic) bond motifs is 1. The summed E-state index contributed by atoms with van der Waals surface area (Å²) in [5.41, 5.74) is 3.20. The van der Waals surface area contributed by atoms with E-state index >= 15 is 0 Å². The molecule has 1 aromatic heterocycles.